The summed E-state index contributed by atoms with van der Waals surface area (Å²) >= 11 is 5.94. The van der Waals surface area contributed by atoms with Gasteiger partial charge in [-0.3, -0.25) is 9.69 Å². The van der Waals surface area contributed by atoms with E-state index in [4.69, 9.17) is 16.0 Å². The zero-order valence-electron chi connectivity index (χ0n) is 13.5. The molecule has 1 aromatic heterocycles. The second-order valence-electron chi connectivity index (χ2n) is 5.97. The smallest absolute Gasteiger partial charge is 0.287 e. The number of furan rings is 1. The quantitative estimate of drug-likeness (QED) is 0.876. The van der Waals surface area contributed by atoms with E-state index in [1.54, 1.807) is 24.3 Å². The van der Waals surface area contributed by atoms with E-state index in [0.717, 1.165) is 11.9 Å². The van der Waals surface area contributed by atoms with Crippen molar-refractivity contribution in [2.45, 2.75) is 39.8 Å². The van der Waals surface area contributed by atoms with Crippen molar-refractivity contribution >= 4 is 28.5 Å². The third-order valence-corrected chi connectivity index (χ3v) is 3.92. The van der Waals surface area contributed by atoms with E-state index in [9.17, 15) is 4.79 Å². The Morgan fingerprint density at radius 2 is 1.91 bits per heavy atom. The molecule has 5 heteroatoms. The van der Waals surface area contributed by atoms with E-state index in [1.807, 2.05) is 0 Å². The van der Waals surface area contributed by atoms with Gasteiger partial charge in [0.2, 0.25) is 0 Å². The van der Waals surface area contributed by atoms with Crippen LogP contribution in [0.1, 0.15) is 38.2 Å². The lowest BCUT2D eigenvalue weighted by molar-refractivity contribution is 0.0914. The molecule has 120 valence electrons. The van der Waals surface area contributed by atoms with Gasteiger partial charge in [0.1, 0.15) is 5.58 Å². The maximum Gasteiger partial charge on any atom is 0.287 e. The monoisotopic (exact) mass is 322 g/mol. The topological polar surface area (TPSA) is 45.5 Å². The van der Waals surface area contributed by atoms with E-state index in [0.29, 0.717) is 35.0 Å². The molecule has 0 aliphatic rings. The van der Waals surface area contributed by atoms with Crippen LogP contribution in [-0.4, -0.2) is 36.0 Å². The third-order valence-electron chi connectivity index (χ3n) is 3.68. The lowest BCUT2D eigenvalue weighted by Crippen LogP contribution is -2.42. The Bertz CT molecular complexity index is 641. The molecule has 0 aliphatic carbocycles. The molecule has 2 rings (SSSR count). The first-order valence-corrected chi connectivity index (χ1v) is 7.99. The van der Waals surface area contributed by atoms with E-state index < -0.39 is 0 Å². The number of nitrogens with zero attached hydrogens (tertiary/aromatic N) is 1. The van der Waals surface area contributed by atoms with Gasteiger partial charge in [0.05, 0.1) is 0 Å². The summed E-state index contributed by atoms with van der Waals surface area (Å²) < 4.78 is 5.55. The minimum Gasteiger partial charge on any atom is -0.451 e. The van der Waals surface area contributed by atoms with Crippen molar-refractivity contribution in [1.29, 1.82) is 0 Å². The summed E-state index contributed by atoms with van der Waals surface area (Å²) in [5.41, 5.74) is 0.667. The second kappa shape index (κ2) is 7.16. The zero-order valence-corrected chi connectivity index (χ0v) is 14.3. The molecule has 0 saturated heterocycles. The summed E-state index contributed by atoms with van der Waals surface area (Å²) in [5, 5.41) is 4.37. The summed E-state index contributed by atoms with van der Waals surface area (Å²) in [4.78, 5) is 14.5. The summed E-state index contributed by atoms with van der Waals surface area (Å²) in [6, 6.07) is 7.93. The first kappa shape index (κ1) is 16.8. The van der Waals surface area contributed by atoms with Crippen molar-refractivity contribution in [3.05, 3.63) is 35.0 Å². The number of hydrogen-bond acceptors (Lipinski definition) is 3. The molecule has 0 bridgehead atoms. The SMILES string of the molecule is CC(C)N(CCNC(=O)c1cc2cc(Cl)ccc2o1)C(C)C. The van der Waals surface area contributed by atoms with Gasteiger partial charge < -0.3 is 9.73 Å². The van der Waals surface area contributed by atoms with Crippen LogP contribution in [0.3, 0.4) is 0 Å². The van der Waals surface area contributed by atoms with Crippen LogP contribution in [0, 0.1) is 0 Å². The fourth-order valence-electron chi connectivity index (χ4n) is 2.62. The molecule has 1 aromatic carbocycles. The van der Waals surface area contributed by atoms with E-state index in [2.05, 4.69) is 37.9 Å². The second-order valence-corrected chi connectivity index (χ2v) is 6.41. The Labute approximate surface area is 136 Å². The van der Waals surface area contributed by atoms with Crippen molar-refractivity contribution in [3.8, 4) is 0 Å². The Balaban J connectivity index is 1.96. The molecule has 1 N–H and O–H groups in total. The molecule has 0 fully saturated rings. The van der Waals surface area contributed by atoms with E-state index in [1.165, 1.54) is 0 Å². The van der Waals surface area contributed by atoms with Crippen molar-refractivity contribution in [2.24, 2.45) is 0 Å². The predicted octanol–water partition coefficient (Wildman–Crippen LogP) is 3.93. The Kier molecular flexibility index (Phi) is 5.48. The molecule has 1 heterocycles. The number of nitrogens with one attached hydrogen (secondary N) is 1. The highest BCUT2D eigenvalue weighted by Gasteiger charge is 2.15. The van der Waals surface area contributed by atoms with Gasteiger partial charge in [-0.1, -0.05) is 11.6 Å². The van der Waals surface area contributed by atoms with Crippen LogP contribution in [-0.2, 0) is 0 Å². The number of carbonyl (C=O) groups excluding carboxylic acids is 1. The number of benzene rings is 1. The summed E-state index contributed by atoms with van der Waals surface area (Å²) in [6.07, 6.45) is 0. The standard InChI is InChI=1S/C17H23ClN2O2/c1-11(2)20(12(3)4)8-7-19-17(21)16-10-13-9-14(18)5-6-15(13)22-16/h5-6,9-12H,7-8H2,1-4H3,(H,19,21). The molecule has 0 radical (unpaired) electrons. The average Bonchev–Trinajstić information content (AvgIpc) is 2.85. The van der Waals surface area contributed by atoms with Crippen molar-refractivity contribution in [1.82, 2.24) is 10.2 Å². The molecule has 4 nitrogen and oxygen atoms in total. The summed E-state index contributed by atoms with van der Waals surface area (Å²) in [7, 11) is 0. The van der Waals surface area contributed by atoms with Gasteiger partial charge >= 0.3 is 0 Å². The highest BCUT2D eigenvalue weighted by molar-refractivity contribution is 6.31. The molecule has 0 spiro atoms. The van der Waals surface area contributed by atoms with Crippen LogP contribution in [0.15, 0.2) is 28.7 Å². The first-order chi connectivity index (χ1) is 10.4. The number of carbonyl (C=O) groups is 1. The number of rotatable bonds is 6. The first-order valence-electron chi connectivity index (χ1n) is 7.61. The minimum atomic E-state index is -0.195. The van der Waals surface area contributed by atoms with Crippen LogP contribution in [0.2, 0.25) is 5.02 Å². The van der Waals surface area contributed by atoms with Gasteiger partial charge in [-0.05, 0) is 52.0 Å². The van der Waals surface area contributed by atoms with Gasteiger partial charge in [-0.25, -0.2) is 0 Å². The minimum absolute atomic E-state index is 0.195. The molecule has 0 saturated carbocycles. The predicted molar refractivity (Wildman–Crippen MR) is 90.5 cm³/mol. The fourth-order valence-corrected chi connectivity index (χ4v) is 2.80. The fraction of sp³-hybridized carbons (Fsp3) is 0.471. The number of halogens is 1. The molecular formula is C17H23ClN2O2. The Morgan fingerprint density at radius 3 is 2.55 bits per heavy atom. The molecular weight excluding hydrogens is 300 g/mol. The maximum atomic E-state index is 12.2. The van der Waals surface area contributed by atoms with Crippen LogP contribution >= 0.6 is 11.6 Å². The number of hydrogen-bond donors (Lipinski definition) is 1. The lowest BCUT2D eigenvalue weighted by atomic mass is 10.2. The Hall–Kier alpha value is -1.52. The van der Waals surface area contributed by atoms with Gasteiger partial charge in [0.25, 0.3) is 5.91 Å². The molecule has 2 aromatic rings. The Morgan fingerprint density at radius 1 is 1.23 bits per heavy atom. The van der Waals surface area contributed by atoms with Gasteiger partial charge in [0, 0.05) is 35.6 Å². The highest BCUT2D eigenvalue weighted by Crippen LogP contribution is 2.22. The van der Waals surface area contributed by atoms with Gasteiger partial charge in [-0.15, -0.1) is 0 Å². The van der Waals surface area contributed by atoms with Crippen LogP contribution in [0.25, 0.3) is 11.0 Å². The highest BCUT2D eigenvalue weighted by atomic mass is 35.5. The third kappa shape index (κ3) is 4.02. The van der Waals surface area contributed by atoms with Gasteiger partial charge in [-0.2, -0.15) is 0 Å². The molecule has 0 aliphatic heterocycles. The largest absolute Gasteiger partial charge is 0.451 e. The van der Waals surface area contributed by atoms with Crippen molar-refractivity contribution in [2.75, 3.05) is 13.1 Å². The average molecular weight is 323 g/mol. The van der Waals surface area contributed by atoms with Gasteiger partial charge in [0.15, 0.2) is 5.76 Å². The number of amides is 1. The van der Waals surface area contributed by atoms with Crippen molar-refractivity contribution in [3.63, 3.8) is 0 Å². The van der Waals surface area contributed by atoms with Crippen LogP contribution < -0.4 is 5.32 Å². The normalized spacial score (nSPS) is 11.8. The molecule has 1 amide bonds. The maximum absolute atomic E-state index is 12.2. The van der Waals surface area contributed by atoms with Crippen LogP contribution in [0.4, 0.5) is 0 Å². The summed E-state index contributed by atoms with van der Waals surface area (Å²) in [5.74, 6) is 0.123. The molecule has 0 atom stereocenters. The molecule has 0 unspecified atom stereocenters. The zero-order chi connectivity index (χ0) is 16.3. The van der Waals surface area contributed by atoms with E-state index in [-0.39, 0.29) is 5.91 Å². The van der Waals surface area contributed by atoms with E-state index >= 15 is 0 Å². The number of fused-ring (bicyclic) bond motifs is 1. The van der Waals surface area contributed by atoms with Crippen molar-refractivity contribution < 1.29 is 9.21 Å². The lowest BCUT2D eigenvalue weighted by Gasteiger charge is -2.30. The molecule has 22 heavy (non-hydrogen) atoms. The van der Waals surface area contributed by atoms with Crippen LogP contribution in [0.5, 0.6) is 0 Å². The summed E-state index contributed by atoms with van der Waals surface area (Å²) in [6.45, 7) is 10.0.